The molecule has 0 unspecified atom stereocenters. The summed E-state index contributed by atoms with van der Waals surface area (Å²) in [7, 11) is 0. The second kappa shape index (κ2) is 8.62. The highest BCUT2D eigenvalue weighted by Gasteiger charge is 2.12. The van der Waals surface area contributed by atoms with Crippen LogP contribution in [0.4, 0.5) is 5.69 Å². The van der Waals surface area contributed by atoms with E-state index in [9.17, 15) is 9.90 Å². The van der Waals surface area contributed by atoms with Gasteiger partial charge in [0, 0.05) is 6.54 Å². The van der Waals surface area contributed by atoms with Gasteiger partial charge < -0.3 is 5.11 Å². The second-order valence-corrected chi connectivity index (χ2v) is 6.63. The average Bonchev–Trinajstić information content (AvgIpc) is 2.66. The Balaban J connectivity index is 1.78. The van der Waals surface area contributed by atoms with E-state index in [1.807, 2.05) is 30.3 Å². The van der Waals surface area contributed by atoms with Gasteiger partial charge in [-0.3, -0.25) is 19.8 Å². The Labute approximate surface area is 156 Å². The first-order chi connectivity index (χ1) is 12.6. The van der Waals surface area contributed by atoms with Crippen molar-refractivity contribution in [3.8, 4) is 5.88 Å². The van der Waals surface area contributed by atoms with Crippen molar-refractivity contribution in [2.24, 2.45) is 5.10 Å². The first-order valence-corrected chi connectivity index (χ1v) is 9.14. The molecule has 3 N–H and O–H groups in total. The van der Waals surface area contributed by atoms with Crippen LogP contribution in [0.25, 0.3) is 0 Å². The Morgan fingerprint density at radius 2 is 2.12 bits per heavy atom. The van der Waals surface area contributed by atoms with E-state index in [1.165, 1.54) is 24.6 Å². The lowest BCUT2D eigenvalue weighted by Gasteiger charge is -2.15. The number of allylic oxidation sites excluding steroid dienone is 2. The van der Waals surface area contributed by atoms with Gasteiger partial charge in [-0.05, 0) is 56.5 Å². The molecular weight excluding hydrogens is 348 g/mol. The molecule has 2 aromatic rings. The van der Waals surface area contributed by atoms with Crippen molar-refractivity contribution >= 4 is 24.1 Å². The molecule has 136 valence electrons. The molecular formula is C19H22N4O2S. The van der Waals surface area contributed by atoms with Crippen molar-refractivity contribution in [1.82, 2.24) is 9.55 Å². The van der Waals surface area contributed by atoms with E-state index in [2.05, 4.69) is 21.6 Å². The SMILES string of the molecule is O=c1[nH]c(=S)n(CCC2=CCCCC2)c(O)c1/C=N/Nc1ccccc1. The Bertz CT molecular complexity index is 929. The fourth-order valence-electron chi connectivity index (χ4n) is 2.97. The summed E-state index contributed by atoms with van der Waals surface area (Å²) in [6, 6.07) is 9.36. The summed E-state index contributed by atoms with van der Waals surface area (Å²) in [5, 5.41) is 14.6. The minimum absolute atomic E-state index is 0.0830. The lowest BCUT2D eigenvalue weighted by molar-refractivity contribution is 0.402. The van der Waals surface area contributed by atoms with E-state index in [0.717, 1.165) is 24.9 Å². The van der Waals surface area contributed by atoms with E-state index in [4.69, 9.17) is 12.2 Å². The van der Waals surface area contributed by atoms with Gasteiger partial charge in [-0.15, -0.1) is 0 Å². The maximum absolute atomic E-state index is 12.1. The molecule has 0 fully saturated rings. The van der Waals surface area contributed by atoms with Crippen molar-refractivity contribution < 1.29 is 5.11 Å². The normalized spacial score (nSPS) is 14.4. The molecule has 0 saturated carbocycles. The number of rotatable bonds is 6. The lowest BCUT2D eigenvalue weighted by Crippen LogP contribution is -2.19. The number of nitrogens with one attached hydrogen (secondary N) is 2. The number of aromatic amines is 1. The molecule has 1 heterocycles. The molecule has 0 amide bonds. The van der Waals surface area contributed by atoms with Gasteiger partial charge in [0.15, 0.2) is 4.77 Å². The quantitative estimate of drug-likeness (QED) is 0.311. The minimum Gasteiger partial charge on any atom is -0.494 e. The summed E-state index contributed by atoms with van der Waals surface area (Å²) in [4.78, 5) is 14.7. The standard InChI is InChI=1S/C19H22N4O2S/c24-17-16(13-20-22-15-9-5-2-6-10-15)18(25)23(19(26)21-17)12-11-14-7-3-1-4-8-14/h2,5-7,9-10,13,22,25H,1,3-4,8,11-12H2,(H,21,24,26)/b20-13+. The van der Waals surface area contributed by atoms with Gasteiger partial charge in [0.2, 0.25) is 5.88 Å². The van der Waals surface area contributed by atoms with E-state index in [0.29, 0.717) is 6.54 Å². The maximum Gasteiger partial charge on any atom is 0.264 e. The molecule has 0 saturated heterocycles. The van der Waals surface area contributed by atoms with Gasteiger partial charge in [-0.25, -0.2) is 0 Å². The third-order valence-electron chi connectivity index (χ3n) is 4.41. The molecule has 0 spiro atoms. The molecule has 1 aliphatic rings. The number of nitrogens with zero attached hydrogens (tertiary/aromatic N) is 2. The highest BCUT2D eigenvalue weighted by molar-refractivity contribution is 7.71. The molecule has 7 heteroatoms. The number of para-hydroxylation sites is 1. The zero-order valence-electron chi connectivity index (χ0n) is 14.4. The molecule has 26 heavy (non-hydrogen) atoms. The highest BCUT2D eigenvalue weighted by Crippen LogP contribution is 2.22. The lowest BCUT2D eigenvalue weighted by atomic mass is 9.97. The van der Waals surface area contributed by atoms with E-state index in [1.54, 1.807) is 4.57 Å². The highest BCUT2D eigenvalue weighted by atomic mass is 32.1. The number of aromatic hydroxyl groups is 1. The summed E-state index contributed by atoms with van der Waals surface area (Å²) < 4.78 is 1.77. The molecule has 1 aliphatic carbocycles. The molecule has 0 radical (unpaired) electrons. The minimum atomic E-state index is -0.459. The van der Waals surface area contributed by atoms with Crippen LogP contribution in [0.1, 0.15) is 37.7 Å². The van der Waals surface area contributed by atoms with Crippen LogP contribution < -0.4 is 11.0 Å². The van der Waals surface area contributed by atoms with Crippen LogP contribution in [0.2, 0.25) is 0 Å². The van der Waals surface area contributed by atoms with Gasteiger partial charge in [-0.1, -0.05) is 29.8 Å². The number of aromatic nitrogens is 2. The zero-order chi connectivity index (χ0) is 18.4. The number of H-pyrrole nitrogens is 1. The van der Waals surface area contributed by atoms with Gasteiger partial charge in [-0.2, -0.15) is 5.10 Å². The average molecular weight is 370 g/mol. The second-order valence-electron chi connectivity index (χ2n) is 6.24. The van der Waals surface area contributed by atoms with Crippen molar-refractivity contribution in [1.29, 1.82) is 0 Å². The van der Waals surface area contributed by atoms with Gasteiger partial charge in [0.25, 0.3) is 5.56 Å². The molecule has 1 aromatic heterocycles. The zero-order valence-corrected chi connectivity index (χ0v) is 15.3. The number of anilines is 1. The predicted molar refractivity (Wildman–Crippen MR) is 106 cm³/mol. The van der Waals surface area contributed by atoms with Crippen LogP contribution in [0, 0.1) is 4.77 Å². The first-order valence-electron chi connectivity index (χ1n) is 8.73. The molecule has 3 rings (SSSR count). The number of benzene rings is 1. The number of hydrogen-bond acceptors (Lipinski definition) is 5. The van der Waals surface area contributed by atoms with E-state index >= 15 is 0 Å². The molecule has 0 atom stereocenters. The summed E-state index contributed by atoms with van der Waals surface area (Å²) >= 11 is 5.21. The van der Waals surface area contributed by atoms with Gasteiger partial charge >= 0.3 is 0 Å². The topological polar surface area (TPSA) is 82.4 Å². The van der Waals surface area contributed by atoms with Crippen molar-refractivity contribution in [3.63, 3.8) is 0 Å². The molecule has 1 aromatic carbocycles. The Morgan fingerprint density at radius 1 is 1.31 bits per heavy atom. The number of hydrogen-bond donors (Lipinski definition) is 3. The maximum atomic E-state index is 12.1. The Hall–Kier alpha value is -2.67. The summed E-state index contributed by atoms with van der Waals surface area (Å²) in [5.74, 6) is -0.159. The third-order valence-corrected chi connectivity index (χ3v) is 4.73. The molecule has 0 aliphatic heterocycles. The van der Waals surface area contributed by atoms with Crippen molar-refractivity contribution in [3.05, 3.63) is 62.7 Å². The van der Waals surface area contributed by atoms with Gasteiger partial charge in [0.1, 0.15) is 5.56 Å². The fraction of sp³-hybridized carbons (Fsp3) is 0.316. The Morgan fingerprint density at radius 3 is 2.85 bits per heavy atom. The molecule has 6 nitrogen and oxygen atoms in total. The summed E-state index contributed by atoms with van der Waals surface area (Å²) in [6.45, 7) is 0.528. The predicted octanol–water partition coefficient (Wildman–Crippen LogP) is 3.95. The van der Waals surface area contributed by atoms with Gasteiger partial charge in [0.05, 0.1) is 11.9 Å². The van der Waals surface area contributed by atoms with Crippen LogP contribution in [0.3, 0.4) is 0 Å². The monoisotopic (exact) mass is 370 g/mol. The van der Waals surface area contributed by atoms with Crippen LogP contribution in [-0.2, 0) is 6.54 Å². The smallest absolute Gasteiger partial charge is 0.264 e. The summed E-state index contributed by atoms with van der Waals surface area (Å²) in [6.07, 6.45) is 9.04. The van der Waals surface area contributed by atoms with Crippen LogP contribution in [0.15, 0.2) is 51.9 Å². The fourth-order valence-corrected chi connectivity index (χ4v) is 3.24. The van der Waals surface area contributed by atoms with Crippen LogP contribution in [-0.4, -0.2) is 20.9 Å². The Kier molecular flexibility index (Phi) is 6.01. The third kappa shape index (κ3) is 4.49. The largest absolute Gasteiger partial charge is 0.494 e. The molecule has 0 bridgehead atoms. The van der Waals surface area contributed by atoms with Crippen molar-refractivity contribution in [2.75, 3.05) is 5.43 Å². The van der Waals surface area contributed by atoms with Crippen molar-refractivity contribution in [2.45, 2.75) is 38.6 Å². The van der Waals surface area contributed by atoms with Crippen LogP contribution in [0.5, 0.6) is 5.88 Å². The number of hydrazone groups is 1. The van der Waals surface area contributed by atoms with E-state index < -0.39 is 5.56 Å². The first kappa shape index (κ1) is 18.1. The van der Waals surface area contributed by atoms with Crippen LogP contribution >= 0.6 is 12.2 Å². The summed E-state index contributed by atoms with van der Waals surface area (Å²) in [5.41, 5.74) is 4.62. The van der Waals surface area contributed by atoms with E-state index in [-0.39, 0.29) is 16.2 Å².